The molecule has 3 nitrogen and oxygen atoms in total. The first-order valence-corrected chi connectivity index (χ1v) is 8.49. The standard InChI is InChI=1S/C19H35NO2/c1-9-10-12-19(8,17(2,3)4)15-11-13-20(14-15)16(21)22-18(5,6)7/h9,15H,1,10-14H2,2-8H3/t15-,19?/m0/s1. The molecule has 0 bridgehead atoms. The zero-order valence-electron chi connectivity index (χ0n) is 15.7. The number of likely N-dealkylation sites (tertiary alicyclic amines) is 1. The van der Waals surface area contributed by atoms with Crippen molar-refractivity contribution < 1.29 is 9.53 Å². The minimum absolute atomic E-state index is 0.171. The van der Waals surface area contributed by atoms with Gasteiger partial charge in [0.25, 0.3) is 0 Å². The normalized spacial score (nSPS) is 22.3. The summed E-state index contributed by atoms with van der Waals surface area (Å²) in [5.74, 6) is 0.514. The topological polar surface area (TPSA) is 29.5 Å². The summed E-state index contributed by atoms with van der Waals surface area (Å²) in [5.41, 5.74) is -0.0338. The van der Waals surface area contributed by atoms with E-state index in [4.69, 9.17) is 4.74 Å². The number of rotatable bonds is 4. The number of allylic oxidation sites excluding steroid dienone is 1. The highest BCUT2D eigenvalue weighted by Gasteiger charge is 2.46. The maximum absolute atomic E-state index is 12.3. The predicted octanol–water partition coefficient (Wildman–Crippen LogP) is 5.26. The van der Waals surface area contributed by atoms with E-state index >= 15 is 0 Å². The first-order chi connectivity index (χ1) is 9.90. The summed E-state index contributed by atoms with van der Waals surface area (Å²) >= 11 is 0. The van der Waals surface area contributed by atoms with Gasteiger partial charge in [0.1, 0.15) is 5.60 Å². The molecule has 1 fully saturated rings. The molecule has 0 aromatic rings. The van der Waals surface area contributed by atoms with Gasteiger partial charge in [-0.2, -0.15) is 0 Å². The molecule has 0 saturated carbocycles. The van der Waals surface area contributed by atoms with Crippen molar-refractivity contribution in [1.29, 1.82) is 0 Å². The van der Waals surface area contributed by atoms with Crippen LogP contribution >= 0.6 is 0 Å². The Bertz CT molecular complexity index is 403. The van der Waals surface area contributed by atoms with E-state index in [1.165, 1.54) is 0 Å². The van der Waals surface area contributed by atoms with Crippen molar-refractivity contribution in [2.75, 3.05) is 13.1 Å². The van der Waals surface area contributed by atoms with Crippen LogP contribution in [0.5, 0.6) is 0 Å². The number of nitrogens with zero attached hydrogens (tertiary/aromatic N) is 1. The fourth-order valence-corrected chi connectivity index (χ4v) is 3.37. The molecule has 0 aromatic heterocycles. The van der Waals surface area contributed by atoms with Crippen molar-refractivity contribution in [3.63, 3.8) is 0 Å². The number of carbonyl (C=O) groups is 1. The highest BCUT2D eigenvalue weighted by atomic mass is 16.6. The Balaban J connectivity index is 2.81. The van der Waals surface area contributed by atoms with Crippen LogP contribution in [0.2, 0.25) is 0 Å². The van der Waals surface area contributed by atoms with Gasteiger partial charge in [-0.05, 0) is 56.8 Å². The van der Waals surface area contributed by atoms with E-state index in [9.17, 15) is 4.79 Å². The fraction of sp³-hybridized carbons (Fsp3) is 0.842. The smallest absolute Gasteiger partial charge is 0.410 e. The first-order valence-electron chi connectivity index (χ1n) is 8.49. The Morgan fingerprint density at radius 3 is 2.27 bits per heavy atom. The zero-order valence-corrected chi connectivity index (χ0v) is 15.7. The molecule has 0 aromatic carbocycles. The summed E-state index contributed by atoms with van der Waals surface area (Å²) in [6.07, 6.45) is 5.04. The van der Waals surface area contributed by atoms with Gasteiger partial charge in [-0.25, -0.2) is 4.79 Å². The molecule has 1 amide bonds. The second-order valence-electron chi connectivity index (χ2n) is 8.91. The van der Waals surface area contributed by atoms with Gasteiger partial charge in [-0.3, -0.25) is 0 Å². The predicted molar refractivity (Wildman–Crippen MR) is 92.9 cm³/mol. The van der Waals surface area contributed by atoms with Crippen LogP contribution in [0.1, 0.15) is 67.7 Å². The molecular formula is C19H35NO2. The number of hydrogen-bond acceptors (Lipinski definition) is 2. The monoisotopic (exact) mass is 309 g/mol. The van der Waals surface area contributed by atoms with Gasteiger partial charge in [-0.15, -0.1) is 6.58 Å². The van der Waals surface area contributed by atoms with Crippen LogP contribution in [0.25, 0.3) is 0 Å². The minimum atomic E-state index is -0.425. The van der Waals surface area contributed by atoms with Crippen molar-refractivity contribution in [2.45, 2.75) is 73.3 Å². The van der Waals surface area contributed by atoms with Crippen LogP contribution in [0, 0.1) is 16.7 Å². The van der Waals surface area contributed by atoms with E-state index in [2.05, 4.69) is 34.3 Å². The molecular weight excluding hydrogens is 274 g/mol. The lowest BCUT2D eigenvalue weighted by Crippen LogP contribution is -2.42. The van der Waals surface area contributed by atoms with E-state index in [1.807, 2.05) is 31.7 Å². The van der Waals surface area contributed by atoms with Gasteiger partial charge < -0.3 is 9.64 Å². The quantitative estimate of drug-likeness (QED) is 0.663. The van der Waals surface area contributed by atoms with Crippen LogP contribution < -0.4 is 0 Å². The minimum Gasteiger partial charge on any atom is -0.444 e. The molecule has 3 heteroatoms. The molecule has 1 saturated heterocycles. The van der Waals surface area contributed by atoms with Crippen molar-refractivity contribution in [3.05, 3.63) is 12.7 Å². The molecule has 0 N–H and O–H groups in total. The summed E-state index contributed by atoms with van der Waals surface area (Å²) in [5, 5.41) is 0. The number of amides is 1. The molecule has 1 rings (SSSR count). The van der Waals surface area contributed by atoms with Gasteiger partial charge >= 0.3 is 6.09 Å². The molecule has 0 spiro atoms. The molecule has 1 aliphatic heterocycles. The third kappa shape index (κ3) is 4.50. The molecule has 1 heterocycles. The first kappa shape index (κ1) is 19.1. The van der Waals surface area contributed by atoms with Crippen molar-refractivity contribution in [1.82, 2.24) is 4.90 Å². The van der Waals surface area contributed by atoms with Crippen molar-refractivity contribution >= 4 is 6.09 Å². The number of ether oxygens (including phenoxy) is 1. The summed E-state index contributed by atoms with van der Waals surface area (Å²) in [6, 6.07) is 0. The second-order valence-corrected chi connectivity index (χ2v) is 8.91. The molecule has 2 atom stereocenters. The third-order valence-electron chi connectivity index (χ3n) is 5.32. The SMILES string of the molecule is C=CCCC(C)([C@H]1CCN(C(=O)OC(C)(C)C)C1)C(C)(C)C. The average Bonchev–Trinajstić information content (AvgIpc) is 2.82. The third-order valence-corrected chi connectivity index (χ3v) is 5.32. The molecule has 0 aliphatic carbocycles. The Morgan fingerprint density at radius 1 is 1.23 bits per heavy atom. The average molecular weight is 309 g/mol. The largest absolute Gasteiger partial charge is 0.444 e. The summed E-state index contributed by atoms with van der Waals surface area (Å²) in [7, 11) is 0. The van der Waals surface area contributed by atoms with E-state index in [1.54, 1.807) is 0 Å². The van der Waals surface area contributed by atoms with Crippen molar-refractivity contribution in [2.24, 2.45) is 16.7 Å². The summed E-state index contributed by atoms with van der Waals surface area (Å²) in [4.78, 5) is 14.2. The van der Waals surface area contributed by atoms with E-state index in [0.29, 0.717) is 5.92 Å². The second kappa shape index (κ2) is 6.64. The van der Waals surface area contributed by atoms with Gasteiger partial charge in [0.05, 0.1) is 0 Å². The van der Waals surface area contributed by atoms with Gasteiger partial charge in [0, 0.05) is 13.1 Å². The van der Waals surface area contributed by atoms with Crippen molar-refractivity contribution in [3.8, 4) is 0 Å². The lowest BCUT2D eigenvalue weighted by Gasteiger charge is -2.47. The highest BCUT2D eigenvalue weighted by molar-refractivity contribution is 5.68. The molecule has 1 aliphatic rings. The Kier molecular flexibility index (Phi) is 5.75. The number of carbonyl (C=O) groups excluding carboxylic acids is 1. The Hall–Kier alpha value is -0.990. The van der Waals surface area contributed by atoms with E-state index in [0.717, 1.165) is 32.4 Å². The fourth-order valence-electron chi connectivity index (χ4n) is 3.37. The molecule has 128 valence electrons. The summed E-state index contributed by atoms with van der Waals surface area (Å²) < 4.78 is 5.52. The number of hydrogen-bond donors (Lipinski definition) is 0. The lowest BCUT2D eigenvalue weighted by molar-refractivity contribution is 0.0142. The van der Waals surface area contributed by atoms with Crippen LogP contribution in [-0.4, -0.2) is 29.7 Å². The van der Waals surface area contributed by atoms with E-state index in [-0.39, 0.29) is 16.9 Å². The highest BCUT2D eigenvalue weighted by Crippen LogP contribution is 2.51. The molecule has 1 unspecified atom stereocenters. The van der Waals surface area contributed by atoms with E-state index < -0.39 is 5.60 Å². The summed E-state index contributed by atoms with van der Waals surface area (Å²) in [6.45, 7) is 20.5. The Morgan fingerprint density at radius 2 is 1.82 bits per heavy atom. The van der Waals surface area contributed by atoms with Crippen LogP contribution in [0.3, 0.4) is 0 Å². The van der Waals surface area contributed by atoms with Gasteiger partial charge in [-0.1, -0.05) is 33.8 Å². The maximum Gasteiger partial charge on any atom is 0.410 e. The van der Waals surface area contributed by atoms with Gasteiger partial charge in [0.2, 0.25) is 0 Å². The van der Waals surface area contributed by atoms with Gasteiger partial charge in [0.15, 0.2) is 0 Å². The lowest BCUT2D eigenvalue weighted by atomic mass is 9.58. The molecule has 22 heavy (non-hydrogen) atoms. The zero-order chi connectivity index (χ0) is 17.2. The van der Waals surface area contributed by atoms with Crippen LogP contribution in [-0.2, 0) is 4.74 Å². The Labute approximate surface area is 137 Å². The van der Waals surface area contributed by atoms with Crippen LogP contribution in [0.15, 0.2) is 12.7 Å². The van der Waals surface area contributed by atoms with Crippen LogP contribution in [0.4, 0.5) is 4.79 Å². The molecule has 0 radical (unpaired) electrons. The maximum atomic E-state index is 12.3.